The van der Waals surface area contributed by atoms with Gasteiger partial charge < -0.3 is 4.90 Å². The van der Waals surface area contributed by atoms with E-state index in [1.54, 1.807) is 11.8 Å². The van der Waals surface area contributed by atoms with E-state index in [0.29, 0.717) is 19.5 Å². The van der Waals surface area contributed by atoms with E-state index >= 15 is 0 Å². The molecule has 0 aromatic heterocycles. The molecule has 5 heteroatoms. The summed E-state index contributed by atoms with van der Waals surface area (Å²) in [5.74, 6) is 1.05. The minimum atomic E-state index is -2.95. The number of hydrogen-bond donors (Lipinski definition) is 0. The minimum absolute atomic E-state index is 0.143. The topological polar surface area (TPSA) is 54.5 Å². The molecule has 2 aliphatic rings. The Kier molecular flexibility index (Phi) is 4.30. The van der Waals surface area contributed by atoms with Crippen molar-refractivity contribution in [2.24, 2.45) is 5.92 Å². The Morgan fingerprint density at radius 3 is 2.39 bits per heavy atom. The summed E-state index contributed by atoms with van der Waals surface area (Å²) in [6.07, 6.45) is 6.73. The molecule has 1 saturated heterocycles. The second-order valence-corrected chi connectivity index (χ2v) is 8.13. The Bertz CT molecular complexity index is 392. The van der Waals surface area contributed by atoms with Gasteiger partial charge in [-0.15, -0.1) is 0 Å². The van der Waals surface area contributed by atoms with Gasteiger partial charge in [-0.05, 0) is 12.3 Å². The lowest BCUT2D eigenvalue weighted by molar-refractivity contribution is -0.134. The van der Waals surface area contributed by atoms with Gasteiger partial charge >= 0.3 is 0 Å². The van der Waals surface area contributed by atoms with Gasteiger partial charge in [-0.2, -0.15) is 0 Å². The quantitative estimate of drug-likeness (QED) is 0.764. The van der Waals surface area contributed by atoms with Crippen LogP contribution in [0.3, 0.4) is 0 Å². The van der Waals surface area contributed by atoms with Crippen LogP contribution >= 0.6 is 0 Å². The highest BCUT2D eigenvalue weighted by molar-refractivity contribution is 7.92. The number of amides is 1. The van der Waals surface area contributed by atoms with Gasteiger partial charge in [0.25, 0.3) is 0 Å². The van der Waals surface area contributed by atoms with Crippen LogP contribution < -0.4 is 0 Å². The van der Waals surface area contributed by atoms with Crippen molar-refractivity contribution in [2.75, 3.05) is 18.8 Å². The zero-order chi connectivity index (χ0) is 13.2. The van der Waals surface area contributed by atoms with E-state index in [2.05, 4.69) is 0 Å². The van der Waals surface area contributed by atoms with Crippen LogP contribution in [-0.4, -0.2) is 43.3 Å². The largest absolute Gasteiger partial charge is 0.340 e. The Balaban J connectivity index is 1.70. The van der Waals surface area contributed by atoms with E-state index in [1.807, 2.05) is 0 Å². The smallest absolute Gasteiger partial charge is 0.222 e. The molecular formula is C13H23NO3S. The zero-order valence-electron chi connectivity index (χ0n) is 11.1. The van der Waals surface area contributed by atoms with Gasteiger partial charge in [0, 0.05) is 25.3 Å². The highest BCUT2D eigenvalue weighted by Crippen LogP contribution is 2.29. The van der Waals surface area contributed by atoms with Crippen molar-refractivity contribution in [2.45, 2.75) is 50.7 Å². The molecule has 0 atom stereocenters. The van der Waals surface area contributed by atoms with Gasteiger partial charge in [-0.3, -0.25) is 4.79 Å². The summed E-state index contributed by atoms with van der Waals surface area (Å²) >= 11 is 0. The van der Waals surface area contributed by atoms with Gasteiger partial charge in [0.1, 0.15) is 0 Å². The van der Waals surface area contributed by atoms with Crippen LogP contribution in [0.1, 0.15) is 45.4 Å². The lowest BCUT2D eigenvalue weighted by Gasteiger charge is -2.38. The number of rotatable bonds is 5. The summed E-state index contributed by atoms with van der Waals surface area (Å²) in [7, 11) is -2.95. The number of carbonyl (C=O) groups excluding carboxylic acids is 1. The van der Waals surface area contributed by atoms with Crippen molar-refractivity contribution >= 4 is 15.7 Å². The molecule has 0 bridgehead atoms. The third-order valence-electron chi connectivity index (χ3n) is 4.35. The lowest BCUT2D eigenvalue weighted by Crippen LogP contribution is -2.57. The molecular weight excluding hydrogens is 250 g/mol. The van der Waals surface area contributed by atoms with Crippen molar-refractivity contribution < 1.29 is 13.2 Å². The highest BCUT2D eigenvalue weighted by Gasteiger charge is 2.38. The normalized spacial score (nSPS) is 22.2. The molecule has 2 fully saturated rings. The standard InChI is InChI=1S/C13H23NO3S/c1-2-18(16,17)12-9-14(10-12)13(15)8-7-11-5-3-4-6-11/h11-12H,2-10H2,1H3. The van der Waals surface area contributed by atoms with E-state index in [-0.39, 0.29) is 16.9 Å². The van der Waals surface area contributed by atoms with Crippen molar-refractivity contribution in [3.63, 3.8) is 0 Å². The summed E-state index contributed by atoms with van der Waals surface area (Å²) in [6.45, 7) is 2.50. The maximum atomic E-state index is 11.9. The summed E-state index contributed by atoms with van der Waals surface area (Å²) in [5, 5.41) is -0.307. The van der Waals surface area contributed by atoms with Crippen LogP contribution in [0.4, 0.5) is 0 Å². The van der Waals surface area contributed by atoms with Crippen LogP contribution in [0.25, 0.3) is 0 Å². The minimum Gasteiger partial charge on any atom is -0.340 e. The van der Waals surface area contributed by atoms with E-state index in [4.69, 9.17) is 0 Å². The molecule has 0 aromatic rings. The molecule has 104 valence electrons. The molecule has 18 heavy (non-hydrogen) atoms. The van der Waals surface area contributed by atoms with Crippen molar-refractivity contribution in [1.82, 2.24) is 4.90 Å². The average molecular weight is 273 g/mol. The van der Waals surface area contributed by atoms with E-state index in [0.717, 1.165) is 12.3 Å². The molecule has 2 rings (SSSR count). The van der Waals surface area contributed by atoms with Crippen LogP contribution in [0.5, 0.6) is 0 Å². The average Bonchev–Trinajstić information content (AvgIpc) is 2.76. The Labute approximate surface area is 110 Å². The second kappa shape index (κ2) is 5.59. The fourth-order valence-electron chi connectivity index (χ4n) is 2.89. The van der Waals surface area contributed by atoms with E-state index < -0.39 is 9.84 Å². The molecule has 0 aromatic carbocycles. The SMILES string of the molecule is CCS(=O)(=O)C1CN(C(=O)CCC2CCCC2)C1. The molecule has 4 nitrogen and oxygen atoms in total. The molecule has 1 heterocycles. The lowest BCUT2D eigenvalue weighted by atomic mass is 10.0. The Morgan fingerprint density at radius 1 is 1.22 bits per heavy atom. The molecule has 1 aliphatic carbocycles. The van der Waals surface area contributed by atoms with Crippen LogP contribution in [0.2, 0.25) is 0 Å². The van der Waals surface area contributed by atoms with Crippen LogP contribution in [-0.2, 0) is 14.6 Å². The summed E-state index contributed by atoms with van der Waals surface area (Å²) in [4.78, 5) is 13.6. The number of nitrogens with zero attached hydrogens (tertiary/aromatic N) is 1. The van der Waals surface area contributed by atoms with Crippen molar-refractivity contribution in [3.8, 4) is 0 Å². The third kappa shape index (κ3) is 3.05. The highest BCUT2D eigenvalue weighted by atomic mass is 32.2. The van der Waals surface area contributed by atoms with Crippen LogP contribution in [0, 0.1) is 5.92 Å². The molecule has 1 saturated carbocycles. The number of carbonyl (C=O) groups is 1. The zero-order valence-corrected chi connectivity index (χ0v) is 11.9. The molecule has 0 N–H and O–H groups in total. The predicted octanol–water partition coefficient (Wildman–Crippen LogP) is 1.60. The van der Waals surface area contributed by atoms with E-state index in [9.17, 15) is 13.2 Å². The first-order valence-electron chi connectivity index (χ1n) is 7.02. The van der Waals surface area contributed by atoms with Gasteiger partial charge in [0.15, 0.2) is 9.84 Å². The molecule has 0 radical (unpaired) electrons. The monoisotopic (exact) mass is 273 g/mol. The summed E-state index contributed by atoms with van der Waals surface area (Å²) in [6, 6.07) is 0. The summed E-state index contributed by atoms with van der Waals surface area (Å²) in [5.41, 5.74) is 0. The number of likely N-dealkylation sites (tertiary alicyclic amines) is 1. The first-order chi connectivity index (χ1) is 8.53. The Morgan fingerprint density at radius 2 is 1.83 bits per heavy atom. The predicted molar refractivity (Wildman–Crippen MR) is 71.0 cm³/mol. The van der Waals surface area contributed by atoms with Gasteiger partial charge in [0.2, 0.25) is 5.91 Å². The maximum absolute atomic E-state index is 11.9. The first-order valence-corrected chi connectivity index (χ1v) is 8.74. The second-order valence-electron chi connectivity index (χ2n) is 5.56. The fraction of sp³-hybridized carbons (Fsp3) is 0.923. The molecule has 0 spiro atoms. The fourth-order valence-corrected chi connectivity index (χ4v) is 4.17. The molecule has 1 aliphatic heterocycles. The molecule has 1 amide bonds. The van der Waals surface area contributed by atoms with Gasteiger partial charge in [-0.25, -0.2) is 8.42 Å². The molecule has 0 unspecified atom stereocenters. The summed E-state index contributed by atoms with van der Waals surface area (Å²) < 4.78 is 23.2. The van der Waals surface area contributed by atoms with Crippen molar-refractivity contribution in [1.29, 1.82) is 0 Å². The number of sulfone groups is 1. The van der Waals surface area contributed by atoms with Crippen molar-refractivity contribution in [3.05, 3.63) is 0 Å². The first kappa shape index (κ1) is 13.8. The number of hydrogen-bond acceptors (Lipinski definition) is 3. The van der Waals surface area contributed by atoms with Crippen LogP contribution in [0.15, 0.2) is 0 Å². The van der Waals surface area contributed by atoms with Gasteiger partial charge in [-0.1, -0.05) is 32.6 Å². The Hall–Kier alpha value is -0.580. The third-order valence-corrected chi connectivity index (χ3v) is 6.47. The van der Waals surface area contributed by atoms with E-state index in [1.165, 1.54) is 25.7 Å². The van der Waals surface area contributed by atoms with Gasteiger partial charge in [0.05, 0.1) is 5.25 Å². The maximum Gasteiger partial charge on any atom is 0.222 e.